The van der Waals surface area contributed by atoms with Gasteiger partial charge >= 0.3 is 0 Å². The first-order valence-corrected chi connectivity index (χ1v) is 8.08. The molecule has 1 heterocycles. The minimum atomic E-state index is 0.662. The van der Waals surface area contributed by atoms with Gasteiger partial charge in [0.05, 0.1) is 11.7 Å². The number of hydrogen-bond acceptors (Lipinski definition) is 2. The van der Waals surface area contributed by atoms with Crippen LogP contribution < -0.4 is 5.32 Å². The third-order valence-electron chi connectivity index (χ3n) is 5.35. The Morgan fingerprint density at radius 1 is 1.05 bits per heavy atom. The van der Waals surface area contributed by atoms with E-state index in [9.17, 15) is 0 Å². The topological polar surface area (TPSA) is 40.7 Å². The van der Waals surface area contributed by atoms with Crippen molar-refractivity contribution in [3.8, 4) is 0 Å². The molecule has 2 aromatic rings. The van der Waals surface area contributed by atoms with Crippen LogP contribution in [0.4, 0.5) is 5.69 Å². The van der Waals surface area contributed by atoms with Gasteiger partial charge in [-0.15, -0.1) is 0 Å². The highest BCUT2D eigenvalue weighted by atomic mass is 15.1. The molecule has 4 rings (SSSR count). The number of hydrogen-bond donors (Lipinski definition) is 2. The second-order valence-corrected chi connectivity index (χ2v) is 6.63. The molecule has 0 saturated heterocycles. The summed E-state index contributed by atoms with van der Waals surface area (Å²) in [7, 11) is 0. The first-order valence-electron chi connectivity index (χ1n) is 8.08. The largest absolute Gasteiger partial charge is 0.382 e. The third-order valence-corrected chi connectivity index (χ3v) is 5.35. The van der Waals surface area contributed by atoms with Gasteiger partial charge in [-0.2, -0.15) is 5.10 Å². The van der Waals surface area contributed by atoms with Crippen molar-refractivity contribution in [2.75, 3.05) is 5.32 Å². The number of rotatable bonds is 2. The molecule has 2 fully saturated rings. The van der Waals surface area contributed by atoms with Gasteiger partial charge in [-0.1, -0.05) is 25.7 Å². The van der Waals surface area contributed by atoms with E-state index in [1.807, 2.05) is 6.20 Å². The number of anilines is 1. The molecule has 0 aliphatic heterocycles. The van der Waals surface area contributed by atoms with Crippen LogP contribution in [0.2, 0.25) is 0 Å². The number of nitrogens with zero attached hydrogens (tertiary/aromatic N) is 1. The van der Waals surface area contributed by atoms with Crippen LogP contribution in [0.1, 0.15) is 44.9 Å². The lowest BCUT2D eigenvalue weighted by atomic mass is 9.69. The van der Waals surface area contributed by atoms with Crippen LogP contribution in [0.3, 0.4) is 0 Å². The summed E-state index contributed by atoms with van der Waals surface area (Å²) >= 11 is 0. The highest BCUT2D eigenvalue weighted by Gasteiger charge is 2.31. The number of aromatic amines is 1. The Morgan fingerprint density at radius 2 is 1.95 bits per heavy atom. The van der Waals surface area contributed by atoms with Crippen molar-refractivity contribution in [3.05, 3.63) is 24.4 Å². The molecule has 1 aromatic carbocycles. The van der Waals surface area contributed by atoms with E-state index < -0.39 is 0 Å². The second-order valence-electron chi connectivity index (χ2n) is 6.63. The van der Waals surface area contributed by atoms with E-state index in [0.29, 0.717) is 6.04 Å². The SMILES string of the molecule is c1cc2cn[nH]c2cc1NC1CCC2CCCCC2C1. The van der Waals surface area contributed by atoms with Gasteiger partial charge in [0.2, 0.25) is 0 Å². The van der Waals surface area contributed by atoms with Crippen LogP contribution in [0, 0.1) is 11.8 Å². The van der Waals surface area contributed by atoms with Gasteiger partial charge in [0.15, 0.2) is 0 Å². The van der Waals surface area contributed by atoms with Crippen molar-refractivity contribution in [2.45, 2.75) is 51.0 Å². The quantitative estimate of drug-likeness (QED) is 0.851. The van der Waals surface area contributed by atoms with E-state index in [4.69, 9.17) is 0 Å². The molecule has 20 heavy (non-hydrogen) atoms. The van der Waals surface area contributed by atoms with Crippen LogP contribution >= 0.6 is 0 Å². The minimum Gasteiger partial charge on any atom is -0.382 e. The van der Waals surface area contributed by atoms with Gasteiger partial charge < -0.3 is 5.32 Å². The average Bonchev–Trinajstić information content (AvgIpc) is 2.95. The average molecular weight is 269 g/mol. The predicted octanol–water partition coefficient (Wildman–Crippen LogP) is 4.33. The normalized spacial score (nSPS) is 30.1. The first kappa shape index (κ1) is 12.2. The van der Waals surface area contributed by atoms with E-state index in [-0.39, 0.29) is 0 Å². The Bertz CT molecular complexity index is 589. The van der Waals surface area contributed by atoms with Crippen molar-refractivity contribution >= 4 is 16.6 Å². The van der Waals surface area contributed by atoms with Crippen LogP contribution in [-0.4, -0.2) is 16.2 Å². The molecule has 0 bridgehead atoms. The van der Waals surface area contributed by atoms with Crippen LogP contribution in [-0.2, 0) is 0 Å². The molecule has 0 radical (unpaired) electrons. The summed E-state index contributed by atoms with van der Waals surface area (Å²) in [5.41, 5.74) is 2.36. The van der Waals surface area contributed by atoms with E-state index in [1.54, 1.807) is 0 Å². The van der Waals surface area contributed by atoms with E-state index in [0.717, 1.165) is 17.4 Å². The fourth-order valence-electron chi connectivity index (χ4n) is 4.27. The molecular formula is C17H23N3. The zero-order valence-electron chi connectivity index (χ0n) is 11.9. The van der Waals surface area contributed by atoms with E-state index >= 15 is 0 Å². The number of aromatic nitrogens is 2. The summed E-state index contributed by atoms with van der Waals surface area (Å²) in [5.74, 6) is 2.00. The fourth-order valence-corrected chi connectivity index (χ4v) is 4.27. The van der Waals surface area contributed by atoms with Crippen molar-refractivity contribution in [2.24, 2.45) is 11.8 Å². The Labute approximate surface area is 120 Å². The maximum Gasteiger partial charge on any atom is 0.0670 e. The molecule has 1 aromatic heterocycles. The number of benzene rings is 1. The summed E-state index contributed by atoms with van der Waals surface area (Å²) in [5, 5.41) is 12.1. The number of fused-ring (bicyclic) bond motifs is 2. The Kier molecular flexibility index (Phi) is 3.13. The van der Waals surface area contributed by atoms with Crippen LogP contribution in [0.5, 0.6) is 0 Å². The molecule has 2 aliphatic rings. The molecule has 2 aliphatic carbocycles. The first-order chi connectivity index (χ1) is 9.88. The van der Waals surface area contributed by atoms with Crippen molar-refractivity contribution in [3.63, 3.8) is 0 Å². The molecule has 3 unspecified atom stereocenters. The van der Waals surface area contributed by atoms with Gasteiger partial charge in [-0.25, -0.2) is 0 Å². The van der Waals surface area contributed by atoms with E-state index in [1.165, 1.54) is 56.0 Å². The Balaban J connectivity index is 1.45. The number of H-pyrrole nitrogens is 1. The molecule has 106 valence electrons. The van der Waals surface area contributed by atoms with E-state index in [2.05, 4.69) is 33.7 Å². The summed E-state index contributed by atoms with van der Waals surface area (Å²) < 4.78 is 0. The predicted molar refractivity (Wildman–Crippen MR) is 82.8 cm³/mol. The molecule has 2 N–H and O–H groups in total. The van der Waals surface area contributed by atoms with Crippen molar-refractivity contribution in [1.29, 1.82) is 0 Å². The van der Waals surface area contributed by atoms with Crippen LogP contribution in [0.25, 0.3) is 10.9 Å². The third kappa shape index (κ3) is 2.30. The number of nitrogens with one attached hydrogen (secondary N) is 2. The second kappa shape index (κ2) is 5.12. The standard InChI is InChI=1S/C17H23N3/c1-2-4-13-9-15(7-5-12(13)3-1)19-16-8-6-14-11-18-20-17(14)10-16/h6,8,10-13,15,19H,1-5,7,9H2,(H,18,20). The molecule has 3 atom stereocenters. The molecule has 3 heteroatoms. The maximum absolute atomic E-state index is 4.09. The van der Waals surface area contributed by atoms with Crippen molar-refractivity contribution in [1.82, 2.24) is 10.2 Å². The fraction of sp³-hybridized carbons (Fsp3) is 0.588. The monoisotopic (exact) mass is 269 g/mol. The summed E-state index contributed by atoms with van der Waals surface area (Å²) in [6, 6.07) is 7.18. The summed E-state index contributed by atoms with van der Waals surface area (Å²) in [6.07, 6.45) is 11.9. The van der Waals surface area contributed by atoms with Gasteiger partial charge in [0.25, 0.3) is 0 Å². The van der Waals surface area contributed by atoms with Gasteiger partial charge in [0.1, 0.15) is 0 Å². The molecule has 2 saturated carbocycles. The summed E-state index contributed by atoms with van der Waals surface area (Å²) in [4.78, 5) is 0. The Morgan fingerprint density at radius 3 is 2.90 bits per heavy atom. The maximum atomic E-state index is 4.09. The lowest BCUT2D eigenvalue weighted by Crippen LogP contribution is -2.34. The van der Waals surface area contributed by atoms with Gasteiger partial charge in [0, 0.05) is 17.1 Å². The minimum absolute atomic E-state index is 0.662. The molecule has 0 spiro atoms. The van der Waals surface area contributed by atoms with Crippen LogP contribution in [0.15, 0.2) is 24.4 Å². The molecular weight excluding hydrogens is 246 g/mol. The lowest BCUT2D eigenvalue weighted by Gasteiger charge is -2.39. The highest BCUT2D eigenvalue weighted by molar-refractivity contribution is 5.81. The smallest absolute Gasteiger partial charge is 0.0670 e. The van der Waals surface area contributed by atoms with Gasteiger partial charge in [-0.05, 0) is 49.3 Å². The summed E-state index contributed by atoms with van der Waals surface area (Å²) in [6.45, 7) is 0. The van der Waals surface area contributed by atoms with Crippen molar-refractivity contribution < 1.29 is 0 Å². The Hall–Kier alpha value is -1.51. The highest BCUT2D eigenvalue weighted by Crippen LogP contribution is 2.41. The lowest BCUT2D eigenvalue weighted by molar-refractivity contribution is 0.162. The zero-order chi connectivity index (χ0) is 13.4. The molecule has 0 amide bonds. The molecule has 3 nitrogen and oxygen atoms in total. The zero-order valence-corrected chi connectivity index (χ0v) is 11.9. The van der Waals surface area contributed by atoms with Gasteiger partial charge in [-0.3, -0.25) is 5.10 Å².